The Balaban J connectivity index is 0.000000171. The molecular formula is C30H48. The van der Waals surface area contributed by atoms with Crippen LogP contribution in [0.3, 0.4) is 0 Å². The highest BCUT2D eigenvalue weighted by Gasteiger charge is 2.42. The maximum atomic E-state index is 4.15. The molecule has 0 amide bonds. The lowest BCUT2D eigenvalue weighted by atomic mass is 9.58. The second kappa shape index (κ2) is 9.22. The van der Waals surface area contributed by atoms with Crippen LogP contribution in [0, 0.1) is 34.5 Å². The van der Waals surface area contributed by atoms with E-state index in [1.165, 1.54) is 75.4 Å². The van der Waals surface area contributed by atoms with Gasteiger partial charge in [-0.3, -0.25) is 0 Å². The minimum atomic E-state index is 0.486. The summed E-state index contributed by atoms with van der Waals surface area (Å²) < 4.78 is 0. The van der Waals surface area contributed by atoms with Gasteiger partial charge in [-0.2, -0.15) is 0 Å². The molecular weight excluding hydrogens is 360 g/mol. The van der Waals surface area contributed by atoms with Crippen LogP contribution in [-0.4, -0.2) is 0 Å². The van der Waals surface area contributed by atoms with Gasteiger partial charge in [0, 0.05) is 0 Å². The summed E-state index contributed by atoms with van der Waals surface area (Å²) in [5, 5.41) is 0. The number of fused-ring (bicyclic) bond motifs is 2. The lowest BCUT2D eigenvalue weighted by Crippen LogP contribution is -2.36. The summed E-state index contributed by atoms with van der Waals surface area (Å²) in [6.07, 6.45) is 18.4. The van der Waals surface area contributed by atoms with Gasteiger partial charge in [-0.1, -0.05) is 75.3 Å². The predicted octanol–water partition coefficient (Wildman–Crippen LogP) is 9.45. The van der Waals surface area contributed by atoms with Crippen molar-refractivity contribution < 1.29 is 0 Å². The number of allylic oxidation sites excluding steroid dienone is 6. The van der Waals surface area contributed by atoms with Crippen molar-refractivity contribution in [2.45, 2.75) is 106 Å². The summed E-state index contributed by atoms with van der Waals surface area (Å²) in [4.78, 5) is 0. The van der Waals surface area contributed by atoms with Gasteiger partial charge in [0.05, 0.1) is 0 Å². The van der Waals surface area contributed by atoms with Crippen molar-refractivity contribution in [2.75, 3.05) is 0 Å². The number of hydrogen-bond acceptors (Lipinski definition) is 0. The van der Waals surface area contributed by atoms with E-state index < -0.39 is 0 Å². The largest absolute Gasteiger partial charge is 0.0999 e. The number of hydrogen-bond donors (Lipinski definition) is 0. The summed E-state index contributed by atoms with van der Waals surface area (Å²) in [5.74, 6) is 3.26. The molecule has 0 aromatic rings. The van der Waals surface area contributed by atoms with Crippen molar-refractivity contribution in [1.29, 1.82) is 0 Å². The number of rotatable bonds is 2. The Labute approximate surface area is 188 Å². The summed E-state index contributed by atoms with van der Waals surface area (Å²) in [7, 11) is 0. The van der Waals surface area contributed by atoms with Crippen LogP contribution in [0.1, 0.15) is 106 Å². The van der Waals surface area contributed by atoms with Crippen molar-refractivity contribution in [3.05, 3.63) is 47.6 Å². The van der Waals surface area contributed by atoms with Gasteiger partial charge in [-0.05, 0) is 113 Å². The monoisotopic (exact) mass is 408 g/mol. The molecule has 0 aliphatic heterocycles. The van der Waals surface area contributed by atoms with Crippen LogP contribution in [0.5, 0.6) is 0 Å². The van der Waals surface area contributed by atoms with E-state index in [0.717, 1.165) is 23.7 Å². The van der Waals surface area contributed by atoms with Crippen molar-refractivity contribution in [1.82, 2.24) is 0 Å². The van der Waals surface area contributed by atoms with Crippen LogP contribution in [0.2, 0.25) is 0 Å². The summed E-state index contributed by atoms with van der Waals surface area (Å²) in [6, 6.07) is 0. The summed E-state index contributed by atoms with van der Waals surface area (Å²) in [6.45, 7) is 22.6. The molecule has 0 unspecified atom stereocenters. The van der Waals surface area contributed by atoms with Crippen molar-refractivity contribution in [3.8, 4) is 0 Å². The Morgan fingerprint density at radius 3 is 1.43 bits per heavy atom. The lowest BCUT2D eigenvalue weighted by Gasteiger charge is -2.47. The van der Waals surface area contributed by atoms with E-state index in [9.17, 15) is 0 Å². The zero-order valence-corrected chi connectivity index (χ0v) is 20.9. The minimum Gasteiger partial charge on any atom is -0.0999 e. The van der Waals surface area contributed by atoms with Crippen LogP contribution in [-0.2, 0) is 0 Å². The standard InChI is InChI=1S/2C15H24/c2*1-11(2)13-8-9-14-7-5-6-12(3)15(14,4)10-13/h2*7,12-13H,1,5-6,8-10H2,2-4H3/t2*12-,13-,15+/m11/s1. The molecule has 2 saturated carbocycles. The predicted molar refractivity (Wildman–Crippen MR) is 133 cm³/mol. The van der Waals surface area contributed by atoms with Crippen LogP contribution >= 0.6 is 0 Å². The van der Waals surface area contributed by atoms with E-state index in [4.69, 9.17) is 0 Å². The van der Waals surface area contributed by atoms with Gasteiger partial charge in [0.25, 0.3) is 0 Å². The third kappa shape index (κ3) is 4.58. The first-order valence-electron chi connectivity index (χ1n) is 12.8. The Kier molecular flexibility index (Phi) is 7.26. The molecule has 0 spiro atoms. The molecule has 30 heavy (non-hydrogen) atoms. The van der Waals surface area contributed by atoms with Crippen molar-refractivity contribution in [3.63, 3.8) is 0 Å². The zero-order valence-electron chi connectivity index (χ0n) is 20.9. The molecule has 168 valence electrons. The topological polar surface area (TPSA) is 0 Å². The quantitative estimate of drug-likeness (QED) is 0.399. The lowest BCUT2D eigenvalue weighted by molar-refractivity contribution is 0.151. The van der Waals surface area contributed by atoms with Crippen LogP contribution in [0.4, 0.5) is 0 Å². The van der Waals surface area contributed by atoms with Crippen LogP contribution < -0.4 is 0 Å². The zero-order chi connectivity index (χ0) is 22.1. The van der Waals surface area contributed by atoms with Crippen molar-refractivity contribution in [2.24, 2.45) is 34.5 Å². The molecule has 0 nitrogen and oxygen atoms in total. The van der Waals surface area contributed by atoms with Gasteiger partial charge in [-0.15, -0.1) is 0 Å². The second-order valence-electron chi connectivity index (χ2n) is 11.8. The SMILES string of the molecule is C=C(C)[C@@H]1CCC2=CCC[C@@H](C)[C@]2(C)C1.C=C(C)[C@@H]1CCC2=CCC[C@@H](C)[C@]2(C)C1. The molecule has 0 bridgehead atoms. The normalized spacial score (nSPS) is 40.6. The van der Waals surface area contributed by atoms with Gasteiger partial charge in [0.1, 0.15) is 0 Å². The first-order chi connectivity index (χ1) is 14.1. The maximum absolute atomic E-state index is 4.15. The fraction of sp³-hybridized carbons (Fsp3) is 0.733. The molecule has 0 aromatic heterocycles. The second-order valence-corrected chi connectivity index (χ2v) is 11.8. The molecule has 0 saturated heterocycles. The van der Waals surface area contributed by atoms with E-state index in [0.29, 0.717) is 10.8 Å². The van der Waals surface area contributed by atoms with Gasteiger partial charge in [0.2, 0.25) is 0 Å². The average Bonchev–Trinajstić information content (AvgIpc) is 2.69. The molecule has 4 aliphatic carbocycles. The molecule has 6 atom stereocenters. The fourth-order valence-electron chi connectivity index (χ4n) is 6.92. The maximum Gasteiger partial charge on any atom is -0.00850 e. The van der Waals surface area contributed by atoms with Gasteiger partial charge >= 0.3 is 0 Å². The first-order valence-corrected chi connectivity index (χ1v) is 12.8. The molecule has 2 fully saturated rings. The molecule has 0 heteroatoms. The van der Waals surface area contributed by atoms with Crippen LogP contribution in [0.25, 0.3) is 0 Å². The Bertz CT molecular complexity index is 656. The van der Waals surface area contributed by atoms with E-state index in [1.54, 1.807) is 11.1 Å². The van der Waals surface area contributed by atoms with E-state index >= 15 is 0 Å². The highest BCUT2D eigenvalue weighted by atomic mass is 14.5. The summed E-state index contributed by atoms with van der Waals surface area (Å²) in [5.41, 5.74) is 7.26. The third-order valence-corrected chi connectivity index (χ3v) is 9.88. The molecule has 0 radical (unpaired) electrons. The third-order valence-electron chi connectivity index (χ3n) is 9.88. The molecule has 0 N–H and O–H groups in total. The molecule has 0 heterocycles. The molecule has 0 aromatic carbocycles. The highest BCUT2D eigenvalue weighted by molar-refractivity contribution is 5.24. The Morgan fingerprint density at radius 1 is 0.733 bits per heavy atom. The van der Waals surface area contributed by atoms with Gasteiger partial charge in [0.15, 0.2) is 0 Å². The van der Waals surface area contributed by atoms with Crippen LogP contribution in [0.15, 0.2) is 47.6 Å². The Morgan fingerprint density at radius 2 is 1.10 bits per heavy atom. The smallest absolute Gasteiger partial charge is 0.00850 e. The molecule has 4 aliphatic rings. The molecule has 4 rings (SSSR count). The van der Waals surface area contributed by atoms with Crippen molar-refractivity contribution >= 4 is 0 Å². The average molecular weight is 409 g/mol. The highest BCUT2D eigenvalue weighted by Crippen LogP contribution is 2.54. The fourth-order valence-corrected chi connectivity index (χ4v) is 6.92. The summed E-state index contributed by atoms with van der Waals surface area (Å²) >= 11 is 0. The van der Waals surface area contributed by atoms with Gasteiger partial charge in [-0.25, -0.2) is 0 Å². The first kappa shape index (κ1) is 23.6. The van der Waals surface area contributed by atoms with Gasteiger partial charge < -0.3 is 0 Å². The minimum absolute atomic E-state index is 0.486. The Hall–Kier alpha value is -1.04. The van der Waals surface area contributed by atoms with E-state index in [2.05, 4.69) is 66.9 Å². The van der Waals surface area contributed by atoms with E-state index in [-0.39, 0.29) is 0 Å². The van der Waals surface area contributed by atoms with E-state index in [1.807, 2.05) is 0 Å².